The van der Waals surface area contributed by atoms with Crippen LogP contribution in [0.5, 0.6) is 0 Å². The average Bonchev–Trinajstić information content (AvgIpc) is 2.42. The molecule has 0 aliphatic heterocycles. The minimum atomic E-state index is -0.565. The summed E-state index contributed by atoms with van der Waals surface area (Å²) in [5, 5.41) is 28.3. The summed E-state index contributed by atoms with van der Waals surface area (Å²) in [6, 6.07) is 0. The Morgan fingerprint density at radius 3 is 1.53 bits per heavy atom. The van der Waals surface area contributed by atoms with Gasteiger partial charge in [-0.3, -0.25) is 0 Å². The molecule has 3 nitrogen and oxygen atoms in total. The highest BCUT2D eigenvalue weighted by atomic mass is 16.3. The molecule has 2 atom stereocenters. The molecule has 0 amide bonds. The van der Waals surface area contributed by atoms with Gasteiger partial charge in [0.15, 0.2) is 0 Å². The Bertz CT molecular complexity index is 173. The van der Waals surface area contributed by atoms with Crippen molar-refractivity contribution in [3.63, 3.8) is 0 Å². The second kappa shape index (κ2) is 14.3. The van der Waals surface area contributed by atoms with Crippen molar-refractivity contribution in [2.75, 3.05) is 6.61 Å². The summed E-state index contributed by atoms with van der Waals surface area (Å²) >= 11 is 0. The minimum absolute atomic E-state index is 0.253. The fourth-order valence-electron chi connectivity index (χ4n) is 2.34. The van der Waals surface area contributed by atoms with Crippen LogP contribution in [0.4, 0.5) is 0 Å². The first-order valence-corrected chi connectivity index (χ1v) is 8.19. The van der Waals surface area contributed by atoms with Gasteiger partial charge >= 0.3 is 0 Å². The van der Waals surface area contributed by atoms with Gasteiger partial charge in [0.2, 0.25) is 0 Å². The average molecular weight is 274 g/mol. The van der Waals surface area contributed by atoms with Crippen molar-refractivity contribution in [2.45, 2.75) is 96.2 Å². The molecule has 2 unspecified atom stereocenters. The van der Waals surface area contributed by atoms with Gasteiger partial charge in [0.05, 0.1) is 12.2 Å². The molecule has 116 valence electrons. The van der Waals surface area contributed by atoms with Crippen molar-refractivity contribution in [1.82, 2.24) is 0 Å². The molecular weight excluding hydrogens is 240 g/mol. The Morgan fingerprint density at radius 1 is 0.632 bits per heavy atom. The first kappa shape index (κ1) is 18.9. The molecule has 19 heavy (non-hydrogen) atoms. The molecular formula is C16H34O3. The molecule has 0 aliphatic carbocycles. The zero-order chi connectivity index (χ0) is 14.3. The Hall–Kier alpha value is -0.120. The number of unbranched alkanes of at least 4 members (excludes halogenated alkanes) is 8. The van der Waals surface area contributed by atoms with Crippen LogP contribution in [0.25, 0.3) is 0 Å². The van der Waals surface area contributed by atoms with Gasteiger partial charge in [0, 0.05) is 6.61 Å². The molecule has 0 aromatic carbocycles. The second-order valence-electron chi connectivity index (χ2n) is 5.62. The number of hydrogen-bond acceptors (Lipinski definition) is 3. The summed E-state index contributed by atoms with van der Waals surface area (Å²) < 4.78 is 0. The Morgan fingerprint density at radius 2 is 1.05 bits per heavy atom. The fraction of sp³-hybridized carbons (Fsp3) is 1.00. The van der Waals surface area contributed by atoms with E-state index in [1.54, 1.807) is 0 Å². The maximum Gasteiger partial charge on any atom is 0.0799 e. The van der Waals surface area contributed by atoms with E-state index in [1.165, 1.54) is 32.1 Å². The fourth-order valence-corrected chi connectivity index (χ4v) is 2.34. The number of aliphatic hydroxyl groups is 3. The molecule has 0 radical (unpaired) electrons. The summed E-state index contributed by atoms with van der Waals surface area (Å²) in [6.45, 7) is 2.46. The van der Waals surface area contributed by atoms with Gasteiger partial charge in [-0.2, -0.15) is 0 Å². The van der Waals surface area contributed by atoms with E-state index in [0.29, 0.717) is 6.42 Å². The maximum atomic E-state index is 9.83. The highest BCUT2D eigenvalue weighted by Crippen LogP contribution is 2.14. The van der Waals surface area contributed by atoms with Crippen LogP contribution in [0.2, 0.25) is 0 Å². The van der Waals surface area contributed by atoms with E-state index in [4.69, 9.17) is 5.11 Å². The minimum Gasteiger partial charge on any atom is -0.396 e. The first-order valence-electron chi connectivity index (χ1n) is 8.19. The third-order valence-corrected chi connectivity index (χ3v) is 3.71. The van der Waals surface area contributed by atoms with Gasteiger partial charge in [-0.15, -0.1) is 0 Å². The van der Waals surface area contributed by atoms with Crippen LogP contribution in [-0.2, 0) is 0 Å². The van der Waals surface area contributed by atoms with Crippen LogP contribution in [0.1, 0.15) is 84.0 Å². The number of hydrogen-bond donors (Lipinski definition) is 3. The van der Waals surface area contributed by atoms with Crippen molar-refractivity contribution in [3.8, 4) is 0 Å². The van der Waals surface area contributed by atoms with E-state index in [0.717, 1.165) is 38.5 Å². The predicted octanol–water partition coefficient (Wildman–Crippen LogP) is 3.40. The van der Waals surface area contributed by atoms with Crippen molar-refractivity contribution in [2.24, 2.45) is 0 Å². The Labute approximate surface area is 119 Å². The van der Waals surface area contributed by atoms with Crippen molar-refractivity contribution >= 4 is 0 Å². The summed E-state index contributed by atoms with van der Waals surface area (Å²) in [5.41, 5.74) is 0. The molecule has 0 saturated heterocycles. The molecule has 0 aromatic heterocycles. The zero-order valence-electron chi connectivity index (χ0n) is 12.7. The molecule has 0 heterocycles. The first-order chi connectivity index (χ1) is 9.22. The van der Waals surface area contributed by atoms with Crippen LogP contribution in [0, 0.1) is 0 Å². The smallest absolute Gasteiger partial charge is 0.0799 e. The lowest BCUT2D eigenvalue weighted by Crippen LogP contribution is -2.25. The highest BCUT2D eigenvalue weighted by Gasteiger charge is 2.14. The van der Waals surface area contributed by atoms with Crippen LogP contribution >= 0.6 is 0 Å². The molecule has 0 saturated carbocycles. The number of aliphatic hydroxyl groups excluding tert-OH is 3. The predicted molar refractivity (Wildman–Crippen MR) is 80.2 cm³/mol. The van der Waals surface area contributed by atoms with Gasteiger partial charge in [-0.25, -0.2) is 0 Å². The second-order valence-corrected chi connectivity index (χ2v) is 5.62. The molecule has 0 aromatic rings. The molecule has 0 bridgehead atoms. The van der Waals surface area contributed by atoms with Crippen molar-refractivity contribution < 1.29 is 15.3 Å². The van der Waals surface area contributed by atoms with Crippen LogP contribution in [0.3, 0.4) is 0 Å². The maximum absolute atomic E-state index is 9.83. The van der Waals surface area contributed by atoms with Crippen LogP contribution in [-0.4, -0.2) is 34.1 Å². The molecule has 0 rings (SSSR count). The summed E-state index contributed by atoms with van der Waals surface area (Å²) in [5.74, 6) is 0. The highest BCUT2D eigenvalue weighted by molar-refractivity contribution is 4.67. The summed E-state index contributed by atoms with van der Waals surface area (Å²) in [7, 11) is 0. The van der Waals surface area contributed by atoms with E-state index in [9.17, 15) is 10.2 Å². The summed E-state index contributed by atoms with van der Waals surface area (Å²) in [4.78, 5) is 0. The largest absolute Gasteiger partial charge is 0.396 e. The van der Waals surface area contributed by atoms with Crippen molar-refractivity contribution in [3.05, 3.63) is 0 Å². The molecule has 3 N–H and O–H groups in total. The third kappa shape index (κ3) is 12.6. The molecule has 0 spiro atoms. The van der Waals surface area contributed by atoms with Gasteiger partial charge in [-0.05, 0) is 19.3 Å². The molecule has 0 fully saturated rings. The van der Waals surface area contributed by atoms with E-state index in [1.807, 2.05) is 0 Å². The Kier molecular flexibility index (Phi) is 14.2. The lowest BCUT2D eigenvalue weighted by atomic mass is 10.00. The lowest BCUT2D eigenvalue weighted by Gasteiger charge is -2.17. The zero-order valence-corrected chi connectivity index (χ0v) is 12.7. The quantitative estimate of drug-likeness (QED) is 0.425. The van der Waals surface area contributed by atoms with Gasteiger partial charge < -0.3 is 15.3 Å². The van der Waals surface area contributed by atoms with Gasteiger partial charge in [-0.1, -0.05) is 64.7 Å². The molecule has 3 heteroatoms. The normalized spacial score (nSPS) is 14.5. The standard InChI is InChI=1S/C16H34O3/c1-2-3-4-5-6-9-12-15(18)16(19)13-10-7-8-11-14-17/h15-19H,2-14H2,1H3. The molecule has 0 aliphatic rings. The number of rotatable bonds is 14. The van der Waals surface area contributed by atoms with Crippen molar-refractivity contribution in [1.29, 1.82) is 0 Å². The summed E-state index contributed by atoms with van der Waals surface area (Å²) in [6.07, 6.45) is 11.4. The SMILES string of the molecule is CCCCCCCCC(O)C(O)CCCCCCO. The van der Waals surface area contributed by atoms with E-state index in [2.05, 4.69) is 6.92 Å². The van der Waals surface area contributed by atoms with Gasteiger partial charge in [0.1, 0.15) is 0 Å². The van der Waals surface area contributed by atoms with Crippen LogP contribution in [0.15, 0.2) is 0 Å². The third-order valence-electron chi connectivity index (χ3n) is 3.71. The topological polar surface area (TPSA) is 60.7 Å². The lowest BCUT2D eigenvalue weighted by molar-refractivity contribution is 0.00709. The van der Waals surface area contributed by atoms with Gasteiger partial charge in [0.25, 0.3) is 0 Å². The van der Waals surface area contributed by atoms with E-state index < -0.39 is 12.2 Å². The Balaban J connectivity index is 3.35. The monoisotopic (exact) mass is 274 g/mol. The van der Waals surface area contributed by atoms with E-state index >= 15 is 0 Å². The van der Waals surface area contributed by atoms with E-state index in [-0.39, 0.29) is 6.61 Å². The van der Waals surface area contributed by atoms with Crippen LogP contribution < -0.4 is 0 Å².